The highest BCUT2D eigenvalue weighted by atomic mass is 16.3. The number of piperidine rings is 2. The van der Waals surface area contributed by atoms with Gasteiger partial charge in [0.1, 0.15) is 0 Å². The van der Waals surface area contributed by atoms with Crippen LogP contribution >= 0.6 is 0 Å². The highest BCUT2D eigenvalue weighted by molar-refractivity contribution is 5.78. The average Bonchev–Trinajstić information content (AvgIpc) is 2.91. The Morgan fingerprint density at radius 2 is 1.74 bits per heavy atom. The monoisotopic (exact) mass is 377 g/mol. The van der Waals surface area contributed by atoms with E-state index in [0.29, 0.717) is 6.54 Å². The van der Waals surface area contributed by atoms with Gasteiger partial charge < -0.3 is 10.0 Å². The first-order valence-electron chi connectivity index (χ1n) is 11.0. The number of allylic oxidation sites excluding steroid dienone is 1. The van der Waals surface area contributed by atoms with Crippen LogP contribution in [-0.4, -0.2) is 84.2 Å². The summed E-state index contributed by atoms with van der Waals surface area (Å²) < 4.78 is 0. The highest BCUT2D eigenvalue weighted by Crippen LogP contribution is 2.39. The minimum atomic E-state index is -0.283. The minimum Gasteiger partial charge on any atom is -0.392 e. The summed E-state index contributed by atoms with van der Waals surface area (Å²) in [6.45, 7) is 11.4. The second-order valence-corrected chi connectivity index (χ2v) is 9.29. The van der Waals surface area contributed by atoms with E-state index in [1.807, 2.05) is 0 Å². The van der Waals surface area contributed by atoms with Crippen molar-refractivity contribution in [2.45, 2.75) is 64.9 Å². The molecule has 0 aromatic carbocycles. The first-order valence-corrected chi connectivity index (χ1v) is 11.0. The second kappa shape index (κ2) is 9.53. The van der Waals surface area contributed by atoms with Gasteiger partial charge in [-0.15, -0.1) is 0 Å². The number of hydrogen-bond donors (Lipinski definition) is 1. The van der Waals surface area contributed by atoms with Gasteiger partial charge >= 0.3 is 0 Å². The topological polar surface area (TPSA) is 47.0 Å². The quantitative estimate of drug-likeness (QED) is 0.765. The number of carbonyl (C=O) groups excluding carboxylic acids is 1. The van der Waals surface area contributed by atoms with E-state index in [9.17, 15) is 9.90 Å². The van der Waals surface area contributed by atoms with E-state index in [4.69, 9.17) is 0 Å². The molecule has 3 rings (SSSR count). The Hall–Kier alpha value is -0.910. The number of carbonyl (C=O) groups is 1. The molecular weight excluding hydrogens is 338 g/mol. The Morgan fingerprint density at radius 3 is 2.44 bits per heavy atom. The van der Waals surface area contributed by atoms with Gasteiger partial charge in [-0.05, 0) is 59.0 Å². The van der Waals surface area contributed by atoms with Gasteiger partial charge in [0, 0.05) is 38.1 Å². The minimum absolute atomic E-state index is 0.138. The summed E-state index contributed by atoms with van der Waals surface area (Å²) in [6.07, 6.45) is 9.89. The Kier molecular flexibility index (Phi) is 7.35. The van der Waals surface area contributed by atoms with E-state index in [0.717, 1.165) is 65.1 Å². The van der Waals surface area contributed by atoms with Gasteiger partial charge in [0.25, 0.3) is 0 Å². The zero-order chi connectivity index (χ0) is 19.3. The summed E-state index contributed by atoms with van der Waals surface area (Å²) in [4.78, 5) is 19.8. The molecule has 3 saturated heterocycles. The molecule has 0 aromatic rings. The second-order valence-electron chi connectivity index (χ2n) is 9.29. The molecule has 1 amide bonds. The van der Waals surface area contributed by atoms with Crippen molar-refractivity contribution in [2.75, 3.05) is 52.4 Å². The zero-order valence-corrected chi connectivity index (χ0v) is 17.5. The van der Waals surface area contributed by atoms with Crippen LogP contribution in [0, 0.1) is 5.41 Å². The van der Waals surface area contributed by atoms with Crippen molar-refractivity contribution in [1.29, 1.82) is 0 Å². The molecule has 0 saturated carbocycles. The first-order chi connectivity index (χ1) is 13.0. The first kappa shape index (κ1) is 20.8. The van der Waals surface area contributed by atoms with Crippen LogP contribution in [0.5, 0.6) is 0 Å². The molecule has 27 heavy (non-hydrogen) atoms. The van der Waals surface area contributed by atoms with Gasteiger partial charge in [-0.2, -0.15) is 0 Å². The van der Waals surface area contributed by atoms with E-state index < -0.39 is 0 Å². The molecule has 0 radical (unpaired) electrons. The SMILES string of the molecule is CC(C)=CCN1CC[C@@H](O)[C@]2(CCCN(C(=O)CN3CCCCCC3)C2)C1. The van der Waals surface area contributed by atoms with Crippen molar-refractivity contribution in [3.8, 4) is 0 Å². The standard InChI is InChI=1S/C22H39N3O2/c1-19(2)8-14-24-15-9-20(26)22(17-24)10-7-13-25(18-22)21(27)16-23-11-5-3-4-6-12-23/h8,20,26H,3-7,9-18H2,1-2H3/t20-,22-/m1/s1. The molecule has 5 heteroatoms. The van der Waals surface area contributed by atoms with E-state index in [2.05, 4.69) is 34.6 Å². The van der Waals surface area contributed by atoms with Crippen LogP contribution in [0.25, 0.3) is 0 Å². The van der Waals surface area contributed by atoms with Crippen molar-refractivity contribution in [3.63, 3.8) is 0 Å². The van der Waals surface area contributed by atoms with Crippen molar-refractivity contribution in [2.24, 2.45) is 5.41 Å². The predicted molar refractivity (Wildman–Crippen MR) is 110 cm³/mol. The molecule has 0 aliphatic carbocycles. The van der Waals surface area contributed by atoms with Crippen LogP contribution in [0.3, 0.4) is 0 Å². The van der Waals surface area contributed by atoms with Crippen molar-refractivity contribution in [3.05, 3.63) is 11.6 Å². The molecule has 3 aliphatic heterocycles. The molecule has 0 unspecified atom stereocenters. The lowest BCUT2D eigenvalue weighted by atomic mass is 9.71. The highest BCUT2D eigenvalue weighted by Gasteiger charge is 2.46. The van der Waals surface area contributed by atoms with Gasteiger partial charge in [-0.1, -0.05) is 24.5 Å². The Morgan fingerprint density at radius 1 is 1.00 bits per heavy atom. The predicted octanol–water partition coefficient (Wildman–Crippen LogP) is 2.50. The van der Waals surface area contributed by atoms with Crippen molar-refractivity contribution in [1.82, 2.24) is 14.7 Å². The van der Waals surface area contributed by atoms with Crippen LogP contribution < -0.4 is 0 Å². The summed E-state index contributed by atoms with van der Waals surface area (Å²) in [5.74, 6) is 0.268. The largest absolute Gasteiger partial charge is 0.392 e. The molecule has 3 aliphatic rings. The molecule has 154 valence electrons. The Balaban J connectivity index is 1.60. The van der Waals surface area contributed by atoms with E-state index in [-0.39, 0.29) is 17.4 Å². The fourth-order valence-electron chi connectivity index (χ4n) is 5.07. The zero-order valence-electron chi connectivity index (χ0n) is 17.5. The summed E-state index contributed by atoms with van der Waals surface area (Å²) >= 11 is 0. The fourth-order valence-corrected chi connectivity index (χ4v) is 5.07. The third-order valence-corrected chi connectivity index (χ3v) is 6.74. The lowest BCUT2D eigenvalue weighted by Crippen LogP contribution is -2.60. The molecule has 3 fully saturated rings. The summed E-state index contributed by atoms with van der Waals surface area (Å²) in [5, 5.41) is 10.8. The third-order valence-electron chi connectivity index (χ3n) is 6.74. The maximum Gasteiger partial charge on any atom is 0.236 e. The maximum atomic E-state index is 13.0. The number of hydrogen-bond acceptors (Lipinski definition) is 4. The lowest BCUT2D eigenvalue weighted by Gasteiger charge is -2.51. The lowest BCUT2D eigenvalue weighted by molar-refractivity contribution is -0.142. The smallest absolute Gasteiger partial charge is 0.236 e. The van der Waals surface area contributed by atoms with Gasteiger partial charge in [0.15, 0.2) is 0 Å². The number of aliphatic hydroxyl groups excluding tert-OH is 1. The number of nitrogens with zero attached hydrogens (tertiary/aromatic N) is 3. The molecule has 2 atom stereocenters. The van der Waals surface area contributed by atoms with Gasteiger partial charge in [0.2, 0.25) is 5.91 Å². The average molecular weight is 378 g/mol. The van der Waals surface area contributed by atoms with Crippen LogP contribution in [0.4, 0.5) is 0 Å². The van der Waals surface area contributed by atoms with Gasteiger partial charge in [-0.3, -0.25) is 14.6 Å². The summed E-state index contributed by atoms with van der Waals surface area (Å²) in [6, 6.07) is 0. The molecule has 0 aromatic heterocycles. The van der Waals surface area contributed by atoms with Crippen molar-refractivity contribution < 1.29 is 9.90 Å². The normalized spacial score (nSPS) is 30.9. The van der Waals surface area contributed by atoms with Crippen LogP contribution in [-0.2, 0) is 4.79 Å². The van der Waals surface area contributed by atoms with Gasteiger partial charge in [0.05, 0.1) is 12.6 Å². The number of likely N-dealkylation sites (tertiary alicyclic amines) is 3. The van der Waals surface area contributed by atoms with Gasteiger partial charge in [-0.25, -0.2) is 0 Å². The van der Waals surface area contributed by atoms with Crippen molar-refractivity contribution >= 4 is 5.91 Å². The number of rotatable bonds is 4. The van der Waals surface area contributed by atoms with Crippen LogP contribution in [0.1, 0.15) is 58.8 Å². The Labute approximate surface area is 165 Å². The van der Waals surface area contributed by atoms with Crippen LogP contribution in [0.15, 0.2) is 11.6 Å². The molecule has 0 bridgehead atoms. The Bertz CT molecular complexity index is 524. The summed E-state index contributed by atoms with van der Waals surface area (Å²) in [7, 11) is 0. The molecular formula is C22H39N3O2. The molecule has 1 spiro atoms. The number of aliphatic hydroxyl groups is 1. The summed E-state index contributed by atoms with van der Waals surface area (Å²) in [5.41, 5.74) is 1.20. The number of amides is 1. The van der Waals surface area contributed by atoms with E-state index in [1.165, 1.54) is 31.3 Å². The van der Waals surface area contributed by atoms with E-state index in [1.54, 1.807) is 0 Å². The van der Waals surface area contributed by atoms with E-state index >= 15 is 0 Å². The van der Waals surface area contributed by atoms with Crippen LogP contribution in [0.2, 0.25) is 0 Å². The molecule has 5 nitrogen and oxygen atoms in total. The third kappa shape index (κ3) is 5.55. The molecule has 1 N–H and O–H groups in total. The molecule has 3 heterocycles. The fraction of sp³-hybridized carbons (Fsp3) is 0.864. The maximum absolute atomic E-state index is 13.0.